The normalized spacial score (nSPS) is 17.8. The fourth-order valence-corrected chi connectivity index (χ4v) is 2.87. The third-order valence-corrected chi connectivity index (χ3v) is 3.78. The van der Waals surface area contributed by atoms with E-state index in [1.807, 2.05) is 12.1 Å². The maximum Gasteiger partial charge on any atom is 0.158 e. The predicted molar refractivity (Wildman–Crippen MR) is 77.7 cm³/mol. The van der Waals surface area contributed by atoms with Crippen LogP contribution >= 0.6 is 0 Å². The van der Waals surface area contributed by atoms with Crippen LogP contribution in [-0.2, 0) is 10.3 Å². The third kappa shape index (κ3) is 2.17. The van der Waals surface area contributed by atoms with E-state index in [2.05, 4.69) is 55.1 Å². The molecule has 1 heterocycles. The topological polar surface area (TPSA) is 9.23 Å². The molecule has 0 amide bonds. The molecule has 0 atom stereocenters. The molecule has 0 radical (unpaired) electrons. The second-order valence-corrected chi connectivity index (χ2v) is 5.05. The van der Waals surface area contributed by atoms with Gasteiger partial charge in [0.25, 0.3) is 0 Å². The molecule has 1 aliphatic rings. The fraction of sp³-hybridized carbons (Fsp3) is 0.222. The molecule has 2 aromatic carbocycles. The van der Waals surface area contributed by atoms with E-state index in [9.17, 15) is 0 Å². The quantitative estimate of drug-likeness (QED) is 0.754. The lowest BCUT2D eigenvalue weighted by Crippen LogP contribution is -2.33. The summed E-state index contributed by atoms with van der Waals surface area (Å²) < 4.78 is 6.25. The molecule has 1 saturated heterocycles. The Kier molecular flexibility index (Phi) is 3.12. The zero-order chi connectivity index (χ0) is 13.1. The zero-order valence-corrected chi connectivity index (χ0v) is 11.0. The Hall–Kier alpha value is -2.02. The van der Waals surface area contributed by atoms with Crippen molar-refractivity contribution in [3.8, 4) is 0 Å². The largest absolute Gasteiger partial charge is 0.483 e. The minimum atomic E-state index is -0.363. The monoisotopic (exact) mass is 250 g/mol. The van der Waals surface area contributed by atoms with Gasteiger partial charge < -0.3 is 4.74 Å². The maximum atomic E-state index is 6.25. The average molecular weight is 250 g/mol. The lowest BCUT2D eigenvalue weighted by molar-refractivity contribution is -0.00252. The van der Waals surface area contributed by atoms with Crippen molar-refractivity contribution in [2.75, 3.05) is 0 Å². The smallest absolute Gasteiger partial charge is 0.158 e. The molecule has 0 unspecified atom stereocenters. The van der Waals surface area contributed by atoms with Crippen LogP contribution in [0.4, 0.5) is 0 Å². The Morgan fingerprint density at radius 3 is 1.84 bits per heavy atom. The van der Waals surface area contributed by atoms with E-state index in [4.69, 9.17) is 4.74 Å². The Balaban J connectivity index is 2.13. The Labute approximate surface area is 114 Å². The number of benzene rings is 2. The highest BCUT2D eigenvalue weighted by molar-refractivity contribution is 5.37. The summed E-state index contributed by atoms with van der Waals surface area (Å²) in [6.45, 7) is 4.04. The van der Waals surface area contributed by atoms with Gasteiger partial charge in [-0.1, -0.05) is 67.2 Å². The summed E-state index contributed by atoms with van der Waals surface area (Å²) in [6, 6.07) is 20.9. The number of ether oxygens (including phenoxy) is 1. The first-order valence-corrected chi connectivity index (χ1v) is 6.79. The van der Waals surface area contributed by atoms with E-state index < -0.39 is 0 Å². The molecule has 1 heteroatoms. The molecule has 19 heavy (non-hydrogen) atoms. The van der Waals surface area contributed by atoms with Gasteiger partial charge in [-0.25, -0.2) is 0 Å². The number of allylic oxidation sites excluding steroid dienone is 1. The van der Waals surface area contributed by atoms with Crippen LogP contribution in [0.5, 0.6) is 0 Å². The van der Waals surface area contributed by atoms with Crippen LogP contribution in [0.3, 0.4) is 0 Å². The summed E-state index contributed by atoms with van der Waals surface area (Å²) >= 11 is 0. The maximum absolute atomic E-state index is 6.25. The molecule has 1 fully saturated rings. The van der Waals surface area contributed by atoms with Gasteiger partial charge in [-0.3, -0.25) is 0 Å². The molecule has 0 aromatic heterocycles. The zero-order valence-electron chi connectivity index (χ0n) is 11.0. The molecule has 3 rings (SSSR count). The Bertz CT molecular complexity index is 517. The number of rotatable bonds is 2. The first-order valence-electron chi connectivity index (χ1n) is 6.79. The molecule has 1 aliphatic heterocycles. The summed E-state index contributed by atoms with van der Waals surface area (Å²) in [5.41, 5.74) is 2.06. The van der Waals surface area contributed by atoms with Crippen molar-refractivity contribution < 1.29 is 4.74 Å². The van der Waals surface area contributed by atoms with Gasteiger partial charge in [0.15, 0.2) is 5.60 Å². The van der Waals surface area contributed by atoms with Gasteiger partial charge in [0.2, 0.25) is 0 Å². The van der Waals surface area contributed by atoms with E-state index in [0.717, 1.165) is 25.0 Å². The summed E-state index contributed by atoms with van der Waals surface area (Å²) in [5.74, 6) is 0.888. The number of hydrogen-bond acceptors (Lipinski definition) is 1. The highest BCUT2D eigenvalue weighted by Crippen LogP contribution is 2.43. The molecular formula is C18H18O. The van der Waals surface area contributed by atoms with Crippen LogP contribution in [0.25, 0.3) is 0 Å². The van der Waals surface area contributed by atoms with Crippen molar-refractivity contribution in [2.24, 2.45) is 0 Å². The predicted octanol–water partition coefficient (Wildman–Crippen LogP) is 4.64. The summed E-state index contributed by atoms with van der Waals surface area (Å²) in [6.07, 6.45) is 3.07. The molecular weight excluding hydrogens is 232 g/mol. The molecule has 0 saturated carbocycles. The highest BCUT2D eigenvalue weighted by Gasteiger charge is 2.38. The van der Waals surface area contributed by atoms with E-state index in [-0.39, 0.29) is 5.60 Å². The molecule has 0 spiro atoms. The van der Waals surface area contributed by atoms with Gasteiger partial charge in [0, 0.05) is 6.42 Å². The van der Waals surface area contributed by atoms with Crippen LogP contribution < -0.4 is 0 Å². The van der Waals surface area contributed by atoms with Crippen molar-refractivity contribution in [2.45, 2.75) is 24.9 Å². The highest BCUT2D eigenvalue weighted by atomic mass is 16.5. The van der Waals surface area contributed by atoms with Crippen LogP contribution in [0.15, 0.2) is 73.0 Å². The third-order valence-electron chi connectivity index (χ3n) is 3.78. The first-order chi connectivity index (χ1) is 9.31. The molecule has 0 bridgehead atoms. The van der Waals surface area contributed by atoms with Crippen molar-refractivity contribution in [1.82, 2.24) is 0 Å². The summed E-state index contributed by atoms with van der Waals surface area (Å²) in [7, 11) is 0. The second-order valence-electron chi connectivity index (χ2n) is 5.05. The first kappa shape index (κ1) is 12.0. The van der Waals surface area contributed by atoms with Gasteiger partial charge in [-0.2, -0.15) is 0 Å². The Morgan fingerprint density at radius 2 is 1.37 bits per heavy atom. The van der Waals surface area contributed by atoms with Gasteiger partial charge in [-0.05, 0) is 24.0 Å². The van der Waals surface area contributed by atoms with Crippen molar-refractivity contribution in [3.63, 3.8) is 0 Å². The van der Waals surface area contributed by atoms with E-state index in [0.29, 0.717) is 0 Å². The molecule has 1 nitrogen and oxygen atoms in total. The van der Waals surface area contributed by atoms with E-state index in [1.165, 1.54) is 11.1 Å². The number of hydrogen-bond donors (Lipinski definition) is 0. The van der Waals surface area contributed by atoms with Crippen molar-refractivity contribution in [1.29, 1.82) is 0 Å². The standard InChI is InChI=1S/C18H18O/c1-15-9-8-14-18(19-15,16-10-4-2-5-11-16)17-12-6-3-7-13-17/h2-7,10-13H,1,8-9,14H2. The van der Waals surface area contributed by atoms with Gasteiger partial charge in [0.05, 0.1) is 5.76 Å². The van der Waals surface area contributed by atoms with Gasteiger partial charge in [0.1, 0.15) is 0 Å². The minimum absolute atomic E-state index is 0.363. The van der Waals surface area contributed by atoms with Crippen molar-refractivity contribution in [3.05, 3.63) is 84.1 Å². The fourth-order valence-electron chi connectivity index (χ4n) is 2.87. The second kappa shape index (κ2) is 4.93. The average Bonchev–Trinajstić information content (AvgIpc) is 2.49. The molecule has 96 valence electrons. The molecule has 2 aromatic rings. The lowest BCUT2D eigenvalue weighted by Gasteiger charge is -2.39. The van der Waals surface area contributed by atoms with E-state index in [1.54, 1.807) is 0 Å². The van der Waals surface area contributed by atoms with Crippen LogP contribution in [-0.4, -0.2) is 0 Å². The molecule has 0 aliphatic carbocycles. The van der Waals surface area contributed by atoms with Crippen LogP contribution in [0.2, 0.25) is 0 Å². The Morgan fingerprint density at radius 1 is 0.842 bits per heavy atom. The minimum Gasteiger partial charge on any atom is -0.483 e. The van der Waals surface area contributed by atoms with Gasteiger partial charge in [-0.15, -0.1) is 0 Å². The van der Waals surface area contributed by atoms with Crippen molar-refractivity contribution >= 4 is 0 Å². The van der Waals surface area contributed by atoms with Crippen LogP contribution in [0, 0.1) is 0 Å². The van der Waals surface area contributed by atoms with E-state index >= 15 is 0 Å². The SMILES string of the molecule is C=C1CCCC(c2ccccc2)(c2ccccc2)O1. The summed E-state index contributed by atoms with van der Waals surface area (Å²) in [4.78, 5) is 0. The van der Waals surface area contributed by atoms with Gasteiger partial charge >= 0.3 is 0 Å². The van der Waals surface area contributed by atoms with Crippen LogP contribution in [0.1, 0.15) is 30.4 Å². The lowest BCUT2D eigenvalue weighted by atomic mass is 9.80. The molecule has 0 N–H and O–H groups in total. The summed E-state index contributed by atoms with van der Waals surface area (Å²) in [5, 5.41) is 0.